The Morgan fingerprint density at radius 1 is 1.18 bits per heavy atom. The molecule has 2 aromatic rings. The number of piperazine rings is 1. The molecular weight excluding hydrogens is 274 g/mol. The van der Waals surface area contributed by atoms with Gasteiger partial charge in [-0.3, -0.25) is 4.90 Å². The van der Waals surface area contributed by atoms with Gasteiger partial charge in [0.2, 0.25) is 0 Å². The van der Waals surface area contributed by atoms with Crippen molar-refractivity contribution in [2.75, 3.05) is 33.3 Å². The molecule has 2 heterocycles. The molecule has 0 saturated carbocycles. The van der Waals surface area contributed by atoms with Gasteiger partial charge < -0.3 is 15.0 Å². The van der Waals surface area contributed by atoms with E-state index in [9.17, 15) is 0 Å². The Bertz CT molecular complexity index is 635. The molecule has 0 unspecified atom stereocenters. The quantitative estimate of drug-likeness (QED) is 0.915. The average molecular weight is 301 g/mol. The Hall–Kier alpha value is -1.52. The number of hydrogen-bond acceptors (Lipinski definition) is 3. The van der Waals surface area contributed by atoms with E-state index < -0.39 is 0 Å². The Labute approximate surface area is 132 Å². The van der Waals surface area contributed by atoms with Crippen LogP contribution in [0.4, 0.5) is 0 Å². The van der Waals surface area contributed by atoms with Crippen LogP contribution in [0.25, 0.3) is 10.9 Å². The first-order chi connectivity index (χ1) is 10.5. The topological polar surface area (TPSA) is 40.3 Å². The van der Waals surface area contributed by atoms with Crippen molar-refractivity contribution in [2.45, 2.75) is 26.8 Å². The number of nitrogens with one attached hydrogen (secondary N) is 2. The van der Waals surface area contributed by atoms with Crippen molar-refractivity contribution in [1.29, 1.82) is 0 Å². The fourth-order valence-electron chi connectivity index (χ4n) is 3.63. The molecule has 1 aromatic carbocycles. The van der Waals surface area contributed by atoms with Gasteiger partial charge >= 0.3 is 0 Å². The fourth-order valence-corrected chi connectivity index (χ4v) is 3.63. The van der Waals surface area contributed by atoms with Gasteiger partial charge in [-0.15, -0.1) is 0 Å². The minimum Gasteiger partial charge on any atom is -0.497 e. The first kappa shape index (κ1) is 15.4. The summed E-state index contributed by atoms with van der Waals surface area (Å²) in [5, 5.41) is 4.73. The molecule has 1 atom stereocenters. The number of nitrogens with zero attached hydrogens (tertiary/aromatic N) is 1. The second-order valence-corrected chi connectivity index (χ2v) is 7.21. The largest absolute Gasteiger partial charge is 0.497 e. The number of ether oxygens (including phenoxy) is 1. The Balaban J connectivity index is 2.07. The highest BCUT2D eigenvalue weighted by Gasteiger charge is 2.34. The van der Waals surface area contributed by atoms with Crippen LogP contribution in [0, 0.1) is 5.41 Å². The van der Waals surface area contributed by atoms with Crippen LogP contribution in [-0.4, -0.2) is 43.2 Å². The zero-order valence-corrected chi connectivity index (χ0v) is 14.1. The molecule has 1 aromatic heterocycles. The van der Waals surface area contributed by atoms with E-state index in [2.05, 4.69) is 54.3 Å². The maximum atomic E-state index is 5.42. The number of aromatic amines is 1. The second kappa shape index (κ2) is 5.94. The molecule has 4 nitrogen and oxygen atoms in total. The van der Waals surface area contributed by atoms with Crippen LogP contribution < -0.4 is 10.1 Å². The predicted molar refractivity (Wildman–Crippen MR) is 91.5 cm³/mol. The molecular formula is C18H27N3O. The van der Waals surface area contributed by atoms with E-state index in [1.807, 2.05) is 6.07 Å². The lowest BCUT2D eigenvalue weighted by Crippen LogP contribution is -2.48. The van der Waals surface area contributed by atoms with E-state index in [4.69, 9.17) is 4.74 Å². The Kier molecular flexibility index (Phi) is 4.15. The summed E-state index contributed by atoms with van der Waals surface area (Å²) >= 11 is 0. The number of H-pyrrole nitrogens is 1. The molecule has 0 radical (unpaired) electrons. The van der Waals surface area contributed by atoms with Crippen molar-refractivity contribution < 1.29 is 4.74 Å². The van der Waals surface area contributed by atoms with Crippen LogP contribution in [0.1, 0.15) is 32.4 Å². The zero-order valence-electron chi connectivity index (χ0n) is 14.1. The van der Waals surface area contributed by atoms with E-state index in [1.54, 1.807) is 7.11 Å². The zero-order chi connectivity index (χ0) is 15.7. The van der Waals surface area contributed by atoms with Crippen molar-refractivity contribution >= 4 is 10.9 Å². The molecule has 0 spiro atoms. The van der Waals surface area contributed by atoms with Crippen molar-refractivity contribution in [3.05, 3.63) is 30.0 Å². The van der Waals surface area contributed by atoms with E-state index in [-0.39, 0.29) is 5.41 Å². The minimum atomic E-state index is 0.176. The molecule has 1 aliphatic heterocycles. The van der Waals surface area contributed by atoms with Crippen LogP contribution in [0.2, 0.25) is 0 Å². The minimum absolute atomic E-state index is 0.176. The summed E-state index contributed by atoms with van der Waals surface area (Å²) in [7, 11) is 1.73. The maximum absolute atomic E-state index is 5.42. The summed E-state index contributed by atoms with van der Waals surface area (Å²) in [4.78, 5) is 6.04. The summed E-state index contributed by atoms with van der Waals surface area (Å²) in [6, 6.07) is 6.67. The van der Waals surface area contributed by atoms with Crippen molar-refractivity contribution in [3.63, 3.8) is 0 Å². The Morgan fingerprint density at radius 3 is 2.55 bits per heavy atom. The van der Waals surface area contributed by atoms with Gasteiger partial charge in [-0.2, -0.15) is 0 Å². The summed E-state index contributed by atoms with van der Waals surface area (Å²) in [5.41, 5.74) is 2.73. The lowest BCUT2D eigenvalue weighted by atomic mass is 9.81. The van der Waals surface area contributed by atoms with Crippen LogP contribution in [-0.2, 0) is 0 Å². The van der Waals surface area contributed by atoms with Gasteiger partial charge in [-0.25, -0.2) is 0 Å². The van der Waals surface area contributed by atoms with Crippen molar-refractivity contribution in [1.82, 2.24) is 15.2 Å². The first-order valence-electron chi connectivity index (χ1n) is 8.10. The van der Waals surface area contributed by atoms with E-state index in [0.29, 0.717) is 6.04 Å². The molecule has 2 N–H and O–H groups in total. The number of aromatic nitrogens is 1. The number of fused-ring (bicyclic) bond motifs is 1. The van der Waals surface area contributed by atoms with Gasteiger partial charge in [0.25, 0.3) is 0 Å². The maximum Gasteiger partial charge on any atom is 0.119 e. The number of methoxy groups -OCH3 is 1. The first-order valence-corrected chi connectivity index (χ1v) is 8.10. The van der Waals surface area contributed by atoms with Gasteiger partial charge in [0, 0.05) is 49.3 Å². The van der Waals surface area contributed by atoms with E-state index in [0.717, 1.165) is 31.9 Å². The third kappa shape index (κ3) is 2.85. The third-order valence-corrected chi connectivity index (χ3v) is 4.55. The fraction of sp³-hybridized carbons (Fsp3) is 0.556. The molecule has 1 aliphatic rings. The molecule has 1 saturated heterocycles. The molecule has 0 bridgehead atoms. The highest BCUT2D eigenvalue weighted by atomic mass is 16.5. The van der Waals surface area contributed by atoms with E-state index >= 15 is 0 Å². The van der Waals surface area contributed by atoms with E-state index in [1.165, 1.54) is 16.5 Å². The van der Waals surface area contributed by atoms with Crippen molar-refractivity contribution in [2.24, 2.45) is 5.41 Å². The normalized spacial score (nSPS) is 18.5. The predicted octanol–water partition coefficient (Wildman–Crippen LogP) is 3.17. The SMILES string of the molecule is COc1ccc2[nH]cc([C@H](N3CCNCC3)C(C)(C)C)c2c1. The summed E-state index contributed by atoms with van der Waals surface area (Å²) in [6.07, 6.45) is 2.18. The van der Waals surface area contributed by atoms with Crippen LogP contribution in [0.3, 0.4) is 0 Å². The molecule has 0 aliphatic carbocycles. The number of hydrogen-bond donors (Lipinski definition) is 2. The molecule has 120 valence electrons. The van der Waals surface area contributed by atoms with Crippen LogP contribution in [0.15, 0.2) is 24.4 Å². The monoisotopic (exact) mass is 301 g/mol. The average Bonchev–Trinajstić information content (AvgIpc) is 2.90. The molecule has 3 rings (SSSR count). The van der Waals surface area contributed by atoms with Crippen LogP contribution >= 0.6 is 0 Å². The summed E-state index contributed by atoms with van der Waals surface area (Å²) < 4.78 is 5.42. The summed E-state index contributed by atoms with van der Waals surface area (Å²) in [5.74, 6) is 0.918. The second-order valence-electron chi connectivity index (χ2n) is 7.21. The molecule has 4 heteroatoms. The smallest absolute Gasteiger partial charge is 0.119 e. The molecule has 22 heavy (non-hydrogen) atoms. The van der Waals surface area contributed by atoms with Gasteiger partial charge in [-0.05, 0) is 29.2 Å². The summed E-state index contributed by atoms with van der Waals surface area (Å²) in [6.45, 7) is 11.3. The lowest BCUT2D eigenvalue weighted by Gasteiger charge is -2.42. The van der Waals surface area contributed by atoms with Gasteiger partial charge in [-0.1, -0.05) is 20.8 Å². The van der Waals surface area contributed by atoms with Gasteiger partial charge in [0.05, 0.1) is 7.11 Å². The lowest BCUT2D eigenvalue weighted by molar-refractivity contribution is 0.0872. The van der Waals surface area contributed by atoms with Gasteiger partial charge in [0.15, 0.2) is 0 Å². The van der Waals surface area contributed by atoms with Crippen LogP contribution in [0.5, 0.6) is 5.75 Å². The number of benzene rings is 1. The van der Waals surface area contributed by atoms with Crippen molar-refractivity contribution in [3.8, 4) is 5.75 Å². The molecule has 1 fully saturated rings. The standard InChI is InChI=1S/C18H27N3O/c1-18(2,3)17(21-9-7-19-8-10-21)15-12-20-16-6-5-13(22-4)11-14(15)16/h5-6,11-12,17,19-20H,7-10H2,1-4H3/t17-/m0/s1. The highest BCUT2D eigenvalue weighted by Crippen LogP contribution is 2.41. The number of rotatable bonds is 3. The van der Waals surface area contributed by atoms with Gasteiger partial charge in [0.1, 0.15) is 5.75 Å². The Morgan fingerprint density at radius 2 is 1.91 bits per heavy atom. The third-order valence-electron chi connectivity index (χ3n) is 4.55. The highest BCUT2D eigenvalue weighted by molar-refractivity contribution is 5.85. The molecule has 0 amide bonds.